The molecule has 27 heavy (non-hydrogen) atoms. The average molecular weight is 370 g/mol. The van der Waals surface area contributed by atoms with E-state index in [1.165, 1.54) is 19.3 Å². The summed E-state index contributed by atoms with van der Waals surface area (Å²) in [7, 11) is 0. The predicted octanol–water partition coefficient (Wildman–Crippen LogP) is 1.85. The minimum atomic E-state index is -1.55. The minimum Gasteiger partial charge on any atom is -0.388 e. The highest BCUT2D eigenvalue weighted by molar-refractivity contribution is 5.97. The fraction of sp³-hybridized carbons (Fsp3) is 0.429. The highest BCUT2D eigenvalue weighted by Crippen LogP contribution is 2.11. The molecule has 0 spiro atoms. The van der Waals surface area contributed by atoms with Gasteiger partial charge in [0.25, 0.3) is 11.8 Å². The third-order valence-electron chi connectivity index (χ3n) is 3.71. The van der Waals surface area contributed by atoms with Crippen LogP contribution in [0.5, 0.6) is 0 Å². The summed E-state index contributed by atoms with van der Waals surface area (Å²) < 4.78 is 0. The second-order valence-electron chi connectivity index (χ2n) is 7.10. The van der Waals surface area contributed by atoms with Crippen molar-refractivity contribution >= 4 is 11.8 Å². The van der Waals surface area contributed by atoms with Gasteiger partial charge in [-0.15, -0.1) is 0 Å². The van der Waals surface area contributed by atoms with Gasteiger partial charge >= 0.3 is 0 Å². The third-order valence-corrected chi connectivity index (χ3v) is 3.71. The molecule has 1 aromatic carbocycles. The predicted molar refractivity (Wildman–Crippen MR) is 103 cm³/mol. The first kappa shape index (κ1) is 22.2. The summed E-state index contributed by atoms with van der Waals surface area (Å²) >= 11 is 0. The lowest BCUT2D eigenvalue weighted by Crippen LogP contribution is -2.57. The van der Waals surface area contributed by atoms with Gasteiger partial charge < -0.3 is 10.4 Å². The van der Waals surface area contributed by atoms with Crippen LogP contribution >= 0.6 is 0 Å². The van der Waals surface area contributed by atoms with E-state index < -0.39 is 23.5 Å². The van der Waals surface area contributed by atoms with Crippen molar-refractivity contribution in [2.24, 2.45) is 5.92 Å². The molecule has 6 nitrogen and oxygen atoms in total. The van der Waals surface area contributed by atoms with E-state index in [0.717, 1.165) is 12.8 Å². The molecule has 1 rings (SSSR count). The Bertz CT molecular complexity index is 769. The fourth-order valence-corrected chi connectivity index (χ4v) is 2.12. The Labute approximate surface area is 160 Å². The zero-order valence-corrected chi connectivity index (χ0v) is 16.1. The summed E-state index contributed by atoms with van der Waals surface area (Å²) in [5.41, 5.74) is 0.883. The maximum atomic E-state index is 12.3. The van der Waals surface area contributed by atoms with Crippen LogP contribution in [0.2, 0.25) is 0 Å². The molecule has 0 bridgehead atoms. The van der Waals surface area contributed by atoms with E-state index in [0.29, 0.717) is 17.0 Å². The summed E-state index contributed by atoms with van der Waals surface area (Å²) in [5.74, 6) is 10.6. The molecule has 1 aromatic rings. The highest BCUT2D eigenvalue weighted by Gasteiger charge is 2.34. The summed E-state index contributed by atoms with van der Waals surface area (Å²) in [6, 6.07) is 5.15. The van der Waals surface area contributed by atoms with Gasteiger partial charge in [0.15, 0.2) is 0 Å². The zero-order valence-electron chi connectivity index (χ0n) is 16.1. The first-order valence-corrected chi connectivity index (χ1v) is 8.71. The summed E-state index contributed by atoms with van der Waals surface area (Å²) in [6.45, 7) is 7.00. The van der Waals surface area contributed by atoms with Crippen molar-refractivity contribution in [1.29, 1.82) is 0 Å². The number of benzene rings is 1. The molecule has 2 amide bonds. The van der Waals surface area contributed by atoms with Crippen LogP contribution in [0.4, 0.5) is 0 Å². The molecule has 1 atom stereocenters. The lowest BCUT2D eigenvalue weighted by atomic mass is 9.97. The van der Waals surface area contributed by atoms with Gasteiger partial charge in [-0.1, -0.05) is 25.7 Å². The molecule has 4 N–H and O–H groups in total. The van der Waals surface area contributed by atoms with Crippen molar-refractivity contribution in [3.05, 3.63) is 35.4 Å². The minimum absolute atomic E-state index is 0.295. The maximum absolute atomic E-state index is 12.3. The largest absolute Gasteiger partial charge is 0.388 e. The van der Waals surface area contributed by atoms with Crippen LogP contribution in [0.3, 0.4) is 0 Å². The molecule has 0 saturated carbocycles. The molecular weight excluding hydrogens is 344 g/mol. The van der Waals surface area contributed by atoms with Crippen molar-refractivity contribution < 1.29 is 19.9 Å². The molecule has 0 aromatic heterocycles. The monoisotopic (exact) mass is 370 g/mol. The van der Waals surface area contributed by atoms with Gasteiger partial charge in [0.05, 0.1) is 5.60 Å². The van der Waals surface area contributed by atoms with Gasteiger partial charge in [0.2, 0.25) is 0 Å². The fourth-order valence-electron chi connectivity index (χ4n) is 2.12. The van der Waals surface area contributed by atoms with Gasteiger partial charge in [-0.25, -0.2) is 5.48 Å². The first-order chi connectivity index (χ1) is 12.6. The van der Waals surface area contributed by atoms with E-state index in [2.05, 4.69) is 42.8 Å². The molecule has 0 radical (unpaired) electrons. The Morgan fingerprint density at radius 1 is 1.15 bits per heavy atom. The van der Waals surface area contributed by atoms with Gasteiger partial charge in [0.1, 0.15) is 6.04 Å². The van der Waals surface area contributed by atoms with Crippen LogP contribution in [0, 0.1) is 29.6 Å². The summed E-state index contributed by atoms with van der Waals surface area (Å²) in [4.78, 5) is 23.9. The smallest absolute Gasteiger partial charge is 0.268 e. The van der Waals surface area contributed by atoms with Gasteiger partial charge in [0, 0.05) is 17.5 Å². The van der Waals surface area contributed by atoms with Gasteiger partial charge in [-0.05, 0) is 62.3 Å². The van der Waals surface area contributed by atoms with Crippen molar-refractivity contribution in [1.82, 2.24) is 10.8 Å². The quantitative estimate of drug-likeness (QED) is 0.349. The number of aliphatic hydroxyl groups is 1. The van der Waals surface area contributed by atoms with Gasteiger partial charge in [-0.3, -0.25) is 14.8 Å². The van der Waals surface area contributed by atoms with Crippen molar-refractivity contribution in [2.75, 3.05) is 0 Å². The molecular formula is C21H26N2O4. The average Bonchev–Trinajstić information content (AvgIpc) is 2.61. The SMILES string of the molecule is CC(C)CCC#CC#Cc1ccc(C(=O)N[C@H](C(=O)NO)C(C)(C)O)cc1. The molecule has 0 unspecified atom stereocenters. The highest BCUT2D eigenvalue weighted by atomic mass is 16.5. The standard InChI is InChI=1S/C21H26N2O4/c1-15(2)9-7-5-6-8-10-16-11-13-17(14-12-16)19(24)22-18(20(25)23-27)21(3,4)26/h11-15,18,26-27H,7,9H2,1-4H3,(H,22,24)(H,23,25)/t18-/m1/s1. The molecule has 0 aliphatic heterocycles. The maximum Gasteiger partial charge on any atom is 0.268 e. The normalized spacial score (nSPS) is 11.5. The number of hydrogen-bond donors (Lipinski definition) is 4. The van der Waals surface area contributed by atoms with Crippen molar-refractivity contribution in [3.8, 4) is 23.7 Å². The van der Waals surface area contributed by atoms with E-state index in [4.69, 9.17) is 5.21 Å². The van der Waals surface area contributed by atoms with Crippen LogP contribution < -0.4 is 10.8 Å². The first-order valence-electron chi connectivity index (χ1n) is 8.71. The molecule has 6 heteroatoms. The number of hydroxylamine groups is 1. The molecule has 144 valence electrons. The Hall–Kier alpha value is -2.80. The Kier molecular flexibility index (Phi) is 8.55. The van der Waals surface area contributed by atoms with E-state index in [1.54, 1.807) is 24.3 Å². The van der Waals surface area contributed by atoms with Crippen LogP contribution in [0.25, 0.3) is 0 Å². The van der Waals surface area contributed by atoms with Gasteiger partial charge in [-0.2, -0.15) is 0 Å². The second-order valence-corrected chi connectivity index (χ2v) is 7.10. The Morgan fingerprint density at radius 3 is 2.30 bits per heavy atom. The molecule has 0 fully saturated rings. The summed E-state index contributed by atoms with van der Waals surface area (Å²) in [6.07, 6.45) is 1.85. The van der Waals surface area contributed by atoms with Crippen molar-refractivity contribution in [2.45, 2.75) is 52.2 Å². The number of nitrogens with one attached hydrogen (secondary N) is 2. The lowest BCUT2D eigenvalue weighted by Gasteiger charge is -2.28. The van der Waals surface area contributed by atoms with Crippen molar-refractivity contribution in [3.63, 3.8) is 0 Å². The van der Waals surface area contributed by atoms with Crippen LogP contribution in [-0.2, 0) is 4.79 Å². The van der Waals surface area contributed by atoms with E-state index >= 15 is 0 Å². The molecule has 0 aliphatic carbocycles. The lowest BCUT2D eigenvalue weighted by molar-refractivity contribution is -0.136. The summed E-state index contributed by atoms with van der Waals surface area (Å²) in [5, 5.41) is 21.2. The van der Waals surface area contributed by atoms with Crippen LogP contribution in [0.1, 0.15) is 56.5 Å². The number of rotatable bonds is 6. The number of amides is 2. The zero-order chi connectivity index (χ0) is 20.4. The van der Waals surface area contributed by atoms with E-state index in [9.17, 15) is 14.7 Å². The molecule has 0 heterocycles. The third kappa shape index (κ3) is 7.96. The Balaban J connectivity index is 2.75. The van der Waals surface area contributed by atoms with Crippen LogP contribution in [-0.4, -0.2) is 33.8 Å². The Morgan fingerprint density at radius 2 is 1.78 bits per heavy atom. The van der Waals surface area contributed by atoms with Crippen LogP contribution in [0.15, 0.2) is 24.3 Å². The molecule has 0 aliphatic rings. The topological polar surface area (TPSA) is 98.7 Å². The number of hydrogen-bond acceptors (Lipinski definition) is 4. The number of carbonyl (C=O) groups is 2. The molecule has 0 saturated heterocycles. The number of carbonyl (C=O) groups excluding carboxylic acids is 2. The second kappa shape index (κ2) is 10.4. The van der Waals surface area contributed by atoms with E-state index in [1.807, 2.05) is 0 Å². The van der Waals surface area contributed by atoms with E-state index in [-0.39, 0.29) is 0 Å².